The second-order valence-corrected chi connectivity index (χ2v) is 6.16. The first-order chi connectivity index (χ1) is 11.2. The molecule has 2 fully saturated rings. The second-order valence-electron chi connectivity index (χ2n) is 6.16. The van der Waals surface area contributed by atoms with Gasteiger partial charge in [-0.05, 0) is 19.1 Å². The van der Waals surface area contributed by atoms with Crippen LogP contribution in [0.15, 0.2) is 24.3 Å². The van der Waals surface area contributed by atoms with Crippen molar-refractivity contribution < 1.29 is 9.53 Å². The molecule has 4 rings (SSSR count). The molecule has 6 heteroatoms. The Balaban J connectivity index is 1.47. The number of aryl methyl sites for hydroxylation is 1. The second kappa shape index (κ2) is 5.77. The fourth-order valence-corrected chi connectivity index (χ4v) is 3.23. The highest BCUT2D eigenvalue weighted by Gasteiger charge is 2.37. The number of carbonyl (C=O) groups excluding carboxylic acids is 1. The van der Waals surface area contributed by atoms with Gasteiger partial charge in [0.2, 0.25) is 5.91 Å². The van der Waals surface area contributed by atoms with Crippen LogP contribution in [-0.4, -0.2) is 60.2 Å². The van der Waals surface area contributed by atoms with E-state index in [1.54, 1.807) is 0 Å². The number of fused-ring (bicyclic) bond motifs is 1. The lowest BCUT2D eigenvalue weighted by atomic mass is 9.98. The normalized spacial score (nSPS) is 19.0. The summed E-state index contributed by atoms with van der Waals surface area (Å²) in [5.74, 6) is 1.21. The van der Waals surface area contributed by atoms with Crippen molar-refractivity contribution in [2.75, 3.05) is 44.3 Å². The van der Waals surface area contributed by atoms with Crippen LogP contribution in [0.25, 0.3) is 11.0 Å². The lowest BCUT2D eigenvalue weighted by Crippen LogP contribution is -2.56. The van der Waals surface area contributed by atoms with E-state index in [0.29, 0.717) is 26.3 Å². The van der Waals surface area contributed by atoms with Crippen LogP contribution in [0.4, 0.5) is 5.82 Å². The largest absolute Gasteiger partial charge is 0.378 e. The van der Waals surface area contributed by atoms with E-state index in [9.17, 15) is 4.79 Å². The third-order valence-corrected chi connectivity index (χ3v) is 4.57. The average molecular weight is 312 g/mol. The number of rotatable bonds is 2. The Hall–Kier alpha value is -2.21. The summed E-state index contributed by atoms with van der Waals surface area (Å²) in [4.78, 5) is 25.9. The summed E-state index contributed by atoms with van der Waals surface area (Å²) in [7, 11) is 0. The number of benzene rings is 1. The van der Waals surface area contributed by atoms with Gasteiger partial charge in [-0.2, -0.15) is 0 Å². The van der Waals surface area contributed by atoms with Crippen molar-refractivity contribution in [3.05, 3.63) is 30.0 Å². The van der Waals surface area contributed by atoms with E-state index in [-0.39, 0.29) is 11.8 Å². The minimum Gasteiger partial charge on any atom is -0.378 e. The third-order valence-electron chi connectivity index (χ3n) is 4.57. The number of ether oxygens (including phenoxy) is 1. The highest BCUT2D eigenvalue weighted by Crippen LogP contribution is 2.28. The van der Waals surface area contributed by atoms with Crippen LogP contribution in [0.1, 0.15) is 5.69 Å². The highest BCUT2D eigenvalue weighted by atomic mass is 16.5. The number of nitrogens with zero attached hydrogens (tertiary/aromatic N) is 4. The molecule has 0 N–H and O–H groups in total. The number of hydrogen-bond acceptors (Lipinski definition) is 5. The predicted molar refractivity (Wildman–Crippen MR) is 87.4 cm³/mol. The van der Waals surface area contributed by atoms with Crippen LogP contribution in [0.5, 0.6) is 0 Å². The topological polar surface area (TPSA) is 58.6 Å². The van der Waals surface area contributed by atoms with Crippen LogP contribution in [-0.2, 0) is 9.53 Å². The van der Waals surface area contributed by atoms with Gasteiger partial charge in [0.1, 0.15) is 0 Å². The molecule has 3 heterocycles. The zero-order valence-electron chi connectivity index (χ0n) is 13.2. The van der Waals surface area contributed by atoms with Crippen LogP contribution in [0.3, 0.4) is 0 Å². The molecule has 2 saturated heterocycles. The fraction of sp³-hybridized carbons (Fsp3) is 0.471. The van der Waals surface area contributed by atoms with Gasteiger partial charge in [0, 0.05) is 26.2 Å². The van der Waals surface area contributed by atoms with Crippen molar-refractivity contribution in [3.8, 4) is 0 Å². The first-order valence-electron chi connectivity index (χ1n) is 8.07. The van der Waals surface area contributed by atoms with Gasteiger partial charge in [0.15, 0.2) is 5.82 Å². The molecule has 0 unspecified atom stereocenters. The van der Waals surface area contributed by atoms with Gasteiger partial charge >= 0.3 is 0 Å². The number of carbonyl (C=O) groups is 1. The van der Waals surface area contributed by atoms with Crippen LogP contribution < -0.4 is 4.90 Å². The summed E-state index contributed by atoms with van der Waals surface area (Å²) in [6.45, 7) is 6.16. The van der Waals surface area contributed by atoms with Crippen molar-refractivity contribution in [2.24, 2.45) is 5.92 Å². The molecule has 0 saturated carbocycles. The van der Waals surface area contributed by atoms with E-state index in [1.165, 1.54) is 0 Å². The molecule has 23 heavy (non-hydrogen) atoms. The zero-order valence-corrected chi connectivity index (χ0v) is 13.2. The minimum absolute atomic E-state index is 0.0702. The number of anilines is 1. The van der Waals surface area contributed by atoms with Crippen LogP contribution in [0, 0.1) is 12.8 Å². The van der Waals surface area contributed by atoms with E-state index >= 15 is 0 Å². The average Bonchev–Trinajstić information content (AvgIpc) is 2.54. The monoisotopic (exact) mass is 312 g/mol. The summed E-state index contributed by atoms with van der Waals surface area (Å²) in [6.07, 6.45) is 0. The highest BCUT2D eigenvalue weighted by molar-refractivity contribution is 5.83. The van der Waals surface area contributed by atoms with Crippen molar-refractivity contribution in [1.29, 1.82) is 0 Å². The molecule has 0 atom stereocenters. The van der Waals surface area contributed by atoms with Crippen LogP contribution >= 0.6 is 0 Å². The summed E-state index contributed by atoms with van der Waals surface area (Å²) in [5.41, 5.74) is 2.73. The summed E-state index contributed by atoms with van der Waals surface area (Å²) >= 11 is 0. The van der Waals surface area contributed by atoms with Crippen molar-refractivity contribution in [1.82, 2.24) is 14.9 Å². The lowest BCUT2D eigenvalue weighted by molar-refractivity contribution is -0.140. The van der Waals surface area contributed by atoms with Gasteiger partial charge in [-0.3, -0.25) is 4.79 Å². The number of morpholine rings is 1. The molecule has 1 aromatic heterocycles. The maximum atomic E-state index is 12.5. The van der Waals surface area contributed by atoms with E-state index in [0.717, 1.165) is 35.6 Å². The Bertz CT molecular complexity index is 736. The third kappa shape index (κ3) is 2.63. The quantitative estimate of drug-likeness (QED) is 0.835. The fourth-order valence-electron chi connectivity index (χ4n) is 3.23. The first-order valence-corrected chi connectivity index (χ1v) is 8.07. The molecule has 6 nitrogen and oxygen atoms in total. The molecule has 1 amide bonds. The Labute approximate surface area is 135 Å². The molecule has 0 radical (unpaired) electrons. The van der Waals surface area contributed by atoms with Crippen molar-refractivity contribution in [2.45, 2.75) is 6.92 Å². The zero-order chi connectivity index (χ0) is 15.8. The lowest BCUT2D eigenvalue weighted by Gasteiger charge is -2.42. The summed E-state index contributed by atoms with van der Waals surface area (Å²) in [6, 6.07) is 7.88. The Morgan fingerprint density at radius 2 is 1.78 bits per heavy atom. The first kappa shape index (κ1) is 14.4. The van der Waals surface area contributed by atoms with Gasteiger partial charge in [0.25, 0.3) is 0 Å². The predicted octanol–water partition coefficient (Wildman–Crippen LogP) is 1.23. The van der Waals surface area contributed by atoms with E-state index in [2.05, 4.69) is 9.88 Å². The molecule has 120 valence electrons. The van der Waals surface area contributed by atoms with E-state index < -0.39 is 0 Å². The molecular weight excluding hydrogens is 292 g/mol. The smallest absolute Gasteiger partial charge is 0.229 e. The Morgan fingerprint density at radius 1 is 1.13 bits per heavy atom. The van der Waals surface area contributed by atoms with Gasteiger partial charge in [-0.15, -0.1) is 0 Å². The molecule has 2 aliphatic heterocycles. The van der Waals surface area contributed by atoms with Gasteiger partial charge in [0.05, 0.1) is 35.9 Å². The molecule has 2 aromatic rings. The number of hydrogen-bond donors (Lipinski definition) is 0. The Kier molecular flexibility index (Phi) is 3.61. The minimum atomic E-state index is 0.0702. The molecule has 0 aliphatic carbocycles. The SMILES string of the molecule is Cc1nc2ccccc2nc1N1CC(C(=O)N2CCOCC2)C1. The summed E-state index contributed by atoms with van der Waals surface area (Å²) in [5, 5.41) is 0. The van der Waals surface area contributed by atoms with Gasteiger partial charge < -0.3 is 14.5 Å². The maximum absolute atomic E-state index is 12.5. The van der Waals surface area contributed by atoms with Crippen molar-refractivity contribution >= 4 is 22.8 Å². The molecule has 2 aliphatic rings. The van der Waals surface area contributed by atoms with Gasteiger partial charge in [-0.25, -0.2) is 9.97 Å². The number of para-hydroxylation sites is 2. The number of amides is 1. The van der Waals surface area contributed by atoms with E-state index in [1.807, 2.05) is 36.1 Å². The molecule has 0 bridgehead atoms. The summed E-state index contributed by atoms with van der Waals surface area (Å²) < 4.78 is 5.31. The van der Waals surface area contributed by atoms with E-state index in [4.69, 9.17) is 9.72 Å². The maximum Gasteiger partial charge on any atom is 0.229 e. The molecule has 1 aromatic carbocycles. The Morgan fingerprint density at radius 3 is 2.48 bits per heavy atom. The number of aromatic nitrogens is 2. The van der Waals surface area contributed by atoms with Crippen molar-refractivity contribution in [3.63, 3.8) is 0 Å². The molecule has 0 spiro atoms. The molecular formula is C17H20N4O2. The standard InChI is InChI=1S/C17H20N4O2/c1-12-16(19-15-5-3-2-4-14(15)18-12)21-10-13(11-21)17(22)20-6-8-23-9-7-20/h2-5,13H,6-11H2,1H3. The van der Waals surface area contributed by atoms with Crippen LogP contribution in [0.2, 0.25) is 0 Å². The van der Waals surface area contributed by atoms with Gasteiger partial charge in [-0.1, -0.05) is 12.1 Å².